The third kappa shape index (κ3) is 5.37. The van der Waals surface area contributed by atoms with Crippen molar-refractivity contribution in [2.75, 3.05) is 13.7 Å². The molecule has 6 heteroatoms. The van der Waals surface area contributed by atoms with Gasteiger partial charge in [0, 0.05) is 31.4 Å². The van der Waals surface area contributed by atoms with Crippen LogP contribution in [0.3, 0.4) is 0 Å². The molecule has 0 spiro atoms. The van der Waals surface area contributed by atoms with E-state index >= 15 is 0 Å². The standard InChI is InChI=1S/C21H22N2O3S/c1-26-16-11-9-15(10-12-16)18(24)6-4-8-20(25)22-14-13-21-23-17-5-2-3-7-19(17)27-21/h2-3,5,7,9-12H,4,6,8,13-14H2,1H3,(H,22,25). The van der Waals surface area contributed by atoms with Crippen LogP contribution in [0.2, 0.25) is 0 Å². The van der Waals surface area contributed by atoms with Gasteiger partial charge in [-0.15, -0.1) is 11.3 Å². The second-order valence-corrected chi connectivity index (χ2v) is 7.30. The van der Waals surface area contributed by atoms with Gasteiger partial charge in [-0.2, -0.15) is 0 Å². The number of Topliss-reactive ketones (excluding diaryl/α,β-unsaturated/α-hetero) is 1. The first kappa shape index (κ1) is 19.0. The van der Waals surface area contributed by atoms with E-state index in [9.17, 15) is 9.59 Å². The van der Waals surface area contributed by atoms with E-state index in [1.54, 1.807) is 42.7 Å². The lowest BCUT2D eigenvalue weighted by Crippen LogP contribution is -2.25. The second kappa shape index (κ2) is 9.28. The molecule has 0 aliphatic heterocycles. The van der Waals surface area contributed by atoms with Gasteiger partial charge in [0.2, 0.25) is 5.91 Å². The molecule has 140 valence electrons. The second-order valence-electron chi connectivity index (χ2n) is 6.18. The molecule has 1 aromatic heterocycles. The number of methoxy groups -OCH3 is 1. The number of nitrogens with zero attached hydrogens (tertiary/aromatic N) is 1. The van der Waals surface area contributed by atoms with E-state index in [1.807, 2.05) is 18.2 Å². The van der Waals surface area contributed by atoms with Gasteiger partial charge >= 0.3 is 0 Å². The SMILES string of the molecule is COc1ccc(C(=O)CCCC(=O)NCCc2nc3ccccc3s2)cc1. The van der Waals surface area contributed by atoms with Crippen molar-refractivity contribution >= 4 is 33.2 Å². The topological polar surface area (TPSA) is 68.3 Å². The summed E-state index contributed by atoms with van der Waals surface area (Å²) in [4.78, 5) is 28.6. The van der Waals surface area contributed by atoms with Crippen LogP contribution in [-0.2, 0) is 11.2 Å². The molecular weight excluding hydrogens is 360 g/mol. The Balaban J connectivity index is 1.36. The average molecular weight is 382 g/mol. The molecule has 1 amide bonds. The zero-order valence-electron chi connectivity index (χ0n) is 15.2. The number of hydrogen-bond acceptors (Lipinski definition) is 5. The van der Waals surface area contributed by atoms with Crippen molar-refractivity contribution in [3.8, 4) is 5.75 Å². The molecule has 27 heavy (non-hydrogen) atoms. The number of carbonyl (C=O) groups excluding carboxylic acids is 2. The van der Waals surface area contributed by atoms with Crippen LogP contribution in [0.4, 0.5) is 0 Å². The molecule has 0 fully saturated rings. The maximum absolute atomic E-state index is 12.1. The molecule has 2 aromatic carbocycles. The summed E-state index contributed by atoms with van der Waals surface area (Å²) in [5.41, 5.74) is 1.65. The molecule has 0 bridgehead atoms. The van der Waals surface area contributed by atoms with Crippen LogP contribution >= 0.6 is 11.3 Å². The molecule has 1 heterocycles. The fourth-order valence-electron chi connectivity index (χ4n) is 2.75. The summed E-state index contributed by atoms with van der Waals surface area (Å²) in [5.74, 6) is 0.734. The molecule has 0 saturated carbocycles. The lowest BCUT2D eigenvalue weighted by molar-refractivity contribution is -0.121. The fourth-order valence-corrected chi connectivity index (χ4v) is 3.72. The number of benzene rings is 2. The Bertz CT molecular complexity index is 886. The summed E-state index contributed by atoms with van der Waals surface area (Å²) in [6, 6.07) is 15.0. The monoisotopic (exact) mass is 382 g/mol. The van der Waals surface area contributed by atoms with E-state index in [2.05, 4.69) is 16.4 Å². The lowest BCUT2D eigenvalue weighted by Gasteiger charge is -2.05. The molecule has 0 radical (unpaired) electrons. The van der Waals surface area contributed by atoms with Gasteiger partial charge < -0.3 is 10.1 Å². The molecule has 0 unspecified atom stereocenters. The van der Waals surface area contributed by atoms with Gasteiger partial charge in [-0.1, -0.05) is 12.1 Å². The number of nitrogens with one attached hydrogen (secondary N) is 1. The number of para-hydroxylation sites is 1. The summed E-state index contributed by atoms with van der Waals surface area (Å²) >= 11 is 1.65. The molecule has 1 N–H and O–H groups in total. The van der Waals surface area contributed by atoms with Gasteiger partial charge in [-0.25, -0.2) is 4.98 Å². The molecule has 3 rings (SSSR count). The van der Waals surface area contributed by atoms with Crippen LogP contribution in [0.5, 0.6) is 5.75 Å². The van der Waals surface area contributed by atoms with Crippen molar-refractivity contribution in [1.82, 2.24) is 10.3 Å². The molecule has 0 aliphatic rings. The highest BCUT2D eigenvalue weighted by molar-refractivity contribution is 7.18. The van der Waals surface area contributed by atoms with Crippen molar-refractivity contribution in [1.29, 1.82) is 0 Å². The van der Waals surface area contributed by atoms with Crippen molar-refractivity contribution in [2.45, 2.75) is 25.7 Å². The highest BCUT2D eigenvalue weighted by Gasteiger charge is 2.09. The predicted octanol–water partition coefficient (Wildman–Crippen LogP) is 4.02. The highest BCUT2D eigenvalue weighted by atomic mass is 32.1. The number of ketones is 1. The Hall–Kier alpha value is -2.73. The van der Waals surface area contributed by atoms with Crippen LogP contribution in [0.1, 0.15) is 34.6 Å². The number of amides is 1. The van der Waals surface area contributed by atoms with Gasteiger partial charge in [0.15, 0.2) is 5.78 Å². The molecule has 5 nitrogen and oxygen atoms in total. The minimum atomic E-state index is -0.0290. The Morgan fingerprint density at radius 2 is 1.85 bits per heavy atom. The van der Waals surface area contributed by atoms with Gasteiger partial charge in [-0.05, 0) is 42.8 Å². The normalized spacial score (nSPS) is 10.7. The van der Waals surface area contributed by atoms with E-state index in [0.717, 1.165) is 27.4 Å². The lowest BCUT2D eigenvalue weighted by atomic mass is 10.1. The van der Waals surface area contributed by atoms with Gasteiger partial charge in [0.25, 0.3) is 0 Å². The smallest absolute Gasteiger partial charge is 0.220 e. The minimum Gasteiger partial charge on any atom is -0.497 e. The van der Waals surface area contributed by atoms with Crippen molar-refractivity contribution in [3.05, 3.63) is 59.1 Å². The molecule has 0 saturated heterocycles. The summed E-state index contributed by atoms with van der Waals surface area (Å²) in [5, 5.41) is 3.92. The summed E-state index contributed by atoms with van der Waals surface area (Å²) < 4.78 is 6.24. The van der Waals surface area contributed by atoms with E-state index in [-0.39, 0.29) is 11.7 Å². The number of hydrogen-bond donors (Lipinski definition) is 1. The first-order valence-electron chi connectivity index (χ1n) is 8.94. The summed E-state index contributed by atoms with van der Waals surface area (Å²) in [6.45, 7) is 0.561. The van der Waals surface area contributed by atoms with Crippen LogP contribution < -0.4 is 10.1 Å². The summed E-state index contributed by atoms with van der Waals surface area (Å²) in [7, 11) is 1.59. The molecule has 0 atom stereocenters. The zero-order valence-corrected chi connectivity index (χ0v) is 16.1. The Kier molecular flexibility index (Phi) is 6.54. The Morgan fingerprint density at radius 1 is 1.07 bits per heavy atom. The molecular formula is C21H22N2O3S. The number of aromatic nitrogens is 1. The van der Waals surface area contributed by atoms with Crippen molar-refractivity contribution < 1.29 is 14.3 Å². The minimum absolute atomic E-state index is 0.0290. The quantitative estimate of drug-likeness (QED) is 0.568. The van der Waals surface area contributed by atoms with Gasteiger partial charge in [0.05, 0.1) is 22.3 Å². The number of carbonyl (C=O) groups is 2. The van der Waals surface area contributed by atoms with Crippen molar-refractivity contribution in [3.63, 3.8) is 0 Å². The van der Waals surface area contributed by atoms with Crippen LogP contribution in [0.15, 0.2) is 48.5 Å². The molecule has 0 aliphatic carbocycles. The fraction of sp³-hybridized carbons (Fsp3) is 0.286. The summed E-state index contributed by atoms with van der Waals surface area (Å²) in [6.07, 6.45) is 1.97. The number of fused-ring (bicyclic) bond motifs is 1. The maximum Gasteiger partial charge on any atom is 0.220 e. The van der Waals surface area contributed by atoms with E-state index in [0.29, 0.717) is 31.4 Å². The van der Waals surface area contributed by atoms with Gasteiger partial charge in [-0.3, -0.25) is 9.59 Å². The number of rotatable bonds is 9. The first-order valence-corrected chi connectivity index (χ1v) is 9.76. The van der Waals surface area contributed by atoms with Crippen LogP contribution in [0.25, 0.3) is 10.2 Å². The largest absolute Gasteiger partial charge is 0.497 e. The van der Waals surface area contributed by atoms with E-state index in [4.69, 9.17) is 4.74 Å². The Morgan fingerprint density at radius 3 is 2.59 bits per heavy atom. The maximum atomic E-state index is 12.1. The van der Waals surface area contributed by atoms with Crippen molar-refractivity contribution in [2.24, 2.45) is 0 Å². The van der Waals surface area contributed by atoms with Crippen LogP contribution in [-0.4, -0.2) is 30.3 Å². The average Bonchev–Trinajstić information content (AvgIpc) is 3.10. The highest BCUT2D eigenvalue weighted by Crippen LogP contribution is 2.21. The number of thiazole rings is 1. The molecule has 3 aromatic rings. The van der Waals surface area contributed by atoms with Crippen LogP contribution in [0, 0.1) is 0 Å². The van der Waals surface area contributed by atoms with E-state index in [1.165, 1.54) is 0 Å². The Labute approximate surface area is 162 Å². The number of ether oxygens (including phenoxy) is 1. The zero-order chi connectivity index (χ0) is 19.1. The van der Waals surface area contributed by atoms with Gasteiger partial charge in [0.1, 0.15) is 5.75 Å². The first-order chi connectivity index (χ1) is 13.2. The third-order valence-corrected chi connectivity index (χ3v) is 5.32. The predicted molar refractivity (Wildman–Crippen MR) is 108 cm³/mol. The van der Waals surface area contributed by atoms with E-state index < -0.39 is 0 Å². The third-order valence-electron chi connectivity index (χ3n) is 4.22.